The molecule has 0 atom stereocenters. The SMILES string of the molecule is COC(=O)c1nc(N)nc(C(=O)OC)c1C(=O)Cc1ccccc1. The van der Waals surface area contributed by atoms with Gasteiger partial charge in [0, 0.05) is 6.42 Å². The number of nitrogen functional groups attached to an aromatic ring is 1. The Bertz CT molecular complexity index is 753. The van der Waals surface area contributed by atoms with Crippen LogP contribution in [-0.4, -0.2) is 41.9 Å². The Kier molecular flexibility index (Phi) is 5.20. The number of aromatic nitrogens is 2. The van der Waals surface area contributed by atoms with Crippen LogP contribution in [0.3, 0.4) is 0 Å². The second-order valence-corrected chi connectivity index (χ2v) is 4.72. The van der Waals surface area contributed by atoms with Crippen LogP contribution in [0.25, 0.3) is 0 Å². The lowest BCUT2D eigenvalue weighted by atomic mass is 9.99. The number of rotatable bonds is 5. The van der Waals surface area contributed by atoms with Crippen molar-refractivity contribution in [2.45, 2.75) is 6.42 Å². The van der Waals surface area contributed by atoms with E-state index >= 15 is 0 Å². The van der Waals surface area contributed by atoms with Gasteiger partial charge in [-0.2, -0.15) is 0 Å². The number of nitrogens with zero attached hydrogens (tertiary/aromatic N) is 2. The molecule has 0 saturated carbocycles. The zero-order valence-corrected chi connectivity index (χ0v) is 13.1. The van der Waals surface area contributed by atoms with Crippen molar-refractivity contribution in [2.24, 2.45) is 0 Å². The molecule has 0 saturated heterocycles. The van der Waals surface area contributed by atoms with Crippen LogP contribution in [0.5, 0.6) is 0 Å². The number of anilines is 1. The van der Waals surface area contributed by atoms with Crippen LogP contribution in [0.2, 0.25) is 0 Å². The predicted molar refractivity (Wildman–Crippen MR) is 83.6 cm³/mol. The molecule has 0 unspecified atom stereocenters. The van der Waals surface area contributed by atoms with Gasteiger partial charge in [0.1, 0.15) is 0 Å². The summed E-state index contributed by atoms with van der Waals surface area (Å²) in [4.78, 5) is 44.0. The van der Waals surface area contributed by atoms with E-state index in [9.17, 15) is 14.4 Å². The van der Waals surface area contributed by atoms with Crippen LogP contribution in [0.1, 0.15) is 36.9 Å². The molecule has 24 heavy (non-hydrogen) atoms. The molecule has 0 radical (unpaired) electrons. The molecule has 8 nitrogen and oxygen atoms in total. The van der Waals surface area contributed by atoms with Crippen molar-refractivity contribution in [1.29, 1.82) is 0 Å². The summed E-state index contributed by atoms with van der Waals surface area (Å²) in [6, 6.07) is 8.83. The van der Waals surface area contributed by atoms with Crippen molar-refractivity contribution in [1.82, 2.24) is 9.97 Å². The molecule has 0 amide bonds. The molecule has 0 fully saturated rings. The summed E-state index contributed by atoms with van der Waals surface area (Å²) < 4.78 is 9.22. The number of benzene rings is 1. The number of methoxy groups -OCH3 is 2. The van der Waals surface area contributed by atoms with E-state index in [1.54, 1.807) is 30.3 Å². The number of hydrogen-bond donors (Lipinski definition) is 1. The Morgan fingerprint density at radius 1 is 0.958 bits per heavy atom. The molecule has 2 N–H and O–H groups in total. The fourth-order valence-electron chi connectivity index (χ4n) is 2.10. The number of carbonyl (C=O) groups is 3. The summed E-state index contributed by atoms with van der Waals surface area (Å²) in [7, 11) is 2.26. The first kappa shape index (κ1) is 17.1. The molecule has 0 aliphatic heterocycles. The number of ether oxygens (including phenoxy) is 2. The van der Waals surface area contributed by atoms with Gasteiger partial charge >= 0.3 is 11.9 Å². The van der Waals surface area contributed by atoms with Crippen LogP contribution in [0.15, 0.2) is 30.3 Å². The van der Waals surface area contributed by atoms with Gasteiger partial charge in [0.05, 0.1) is 19.8 Å². The molecule has 124 valence electrons. The average molecular weight is 329 g/mol. The maximum absolute atomic E-state index is 12.7. The van der Waals surface area contributed by atoms with Crippen LogP contribution in [-0.2, 0) is 15.9 Å². The van der Waals surface area contributed by atoms with E-state index in [1.807, 2.05) is 0 Å². The molecule has 1 heterocycles. The first-order chi connectivity index (χ1) is 11.5. The summed E-state index contributed by atoms with van der Waals surface area (Å²) in [5, 5.41) is 0. The lowest BCUT2D eigenvalue weighted by Gasteiger charge is -2.11. The summed E-state index contributed by atoms with van der Waals surface area (Å²) in [5.41, 5.74) is 5.21. The highest BCUT2D eigenvalue weighted by molar-refractivity contribution is 6.12. The van der Waals surface area contributed by atoms with Crippen molar-refractivity contribution in [3.8, 4) is 0 Å². The molecular formula is C16H15N3O5. The minimum Gasteiger partial charge on any atom is -0.464 e. The first-order valence-corrected chi connectivity index (χ1v) is 6.89. The number of esters is 2. The summed E-state index contributed by atoms with van der Waals surface area (Å²) in [6.45, 7) is 0. The molecule has 2 rings (SSSR count). The maximum atomic E-state index is 12.7. The van der Waals surface area contributed by atoms with E-state index in [-0.39, 0.29) is 29.3 Å². The van der Waals surface area contributed by atoms with Gasteiger partial charge in [0.15, 0.2) is 17.2 Å². The lowest BCUT2D eigenvalue weighted by molar-refractivity contribution is 0.0582. The van der Waals surface area contributed by atoms with Crippen molar-refractivity contribution in [2.75, 3.05) is 20.0 Å². The molecule has 0 aliphatic rings. The molecular weight excluding hydrogens is 314 g/mol. The van der Waals surface area contributed by atoms with Gasteiger partial charge in [-0.25, -0.2) is 19.6 Å². The Balaban J connectivity index is 2.57. The summed E-state index contributed by atoms with van der Waals surface area (Å²) in [5.74, 6) is -2.66. The fourth-order valence-corrected chi connectivity index (χ4v) is 2.10. The smallest absolute Gasteiger partial charge is 0.357 e. The number of carbonyl (C=O) groups excluding carboxylic acids is 3. The molecule has 8 heteroatoms. The first-order valence-electron chi connectivity index (χ1n) is 6.89. The third-order valence-corrected chi connectivity index (χ3v) is 3.17. The Morgan fingerprint density at radius 2 is 1.46 bits per heavy atom. The van der Waals surface area contributed by atoms with E-state index in [0.717, 1.165) is 14.2 Å². The predicted octanol–water partition coefficient (Wildman–Crippen LogP) is 1.06. The highest BCUT2D eigenvalue weighted by Gasteiger charge is 2.29. The van der Waals surface area contributed by atoms with Crippen molar-refractivity contribution in [3.63, 3.8) is 0 Å². The number of nitrogens with two attached hydrogens (primary N) is 1. The van der Waals surface area contributed by atoms with Crippen molar-refractivity contribution in [3.05, 3.63) is 52.8 Å². The van der Waals surface area contributed by atoms with Gasteiger partial charge in [-0.15, -0.1) is 0 Å². The fraction of sp³-hybridized carbons (Fsp3) is 0.188. The molecule has 0 spiro atoms. The lowest BCUT2D eigenvalue weighted by Crippen LogP contribution is -2.22. The van der Waals surface area contributed by atoms with Gasteiger partial charge in [-0.05, 0) is 5.56 Å². The highest BCUT2D eigenvalue weighted by atomic mass is 16.5. The van der Waals surface area contributed by atoms with E-state index in [2.05, 4.69) is 19.4 Å². The van der Waals surface area contributed by atoms with E-state index < -0.39 is 17.7 Å². The Hall–Kier alpha value is -3.29. The van der Waals surface area contributed by atoms with Gasteiger partial charge < -0.3 is 15.2 Å². The Morgan fingerprint density at radius 3 is 1.92 bits per heavy atom. The largest absolute Gasteiger partial charge is 0.464 e. The maximum Gasteiger partial charge on any atom is 0.357 e. The van der Waals surface area contributed by atoms with E-state index in [4.69, 9.17) is 5.73 Å². The van der Waals surface area contributed by atoms with Crippen LogP contribution in [0, 0.1) is 0 Å². The average Bonchev–Trinajstić information content (AvgIpc) is 2.60. The van der Waals surface area contributed by atoms with Gasteiger partial charge in [0.25, 0.3) is 0 Å². The highest BCUT2D eigenvalue weighted by Crippen LogP contribution is 2.18. The van der Waals surface area contributed by atoms with E-state index in [0.29, 0.717) is 5.56 Å². The normalized spacial score (nSPS) is 10.1. The van der Waals surface area contributed by atoms with Crippen molar-refractivity contribution >= 4 is 23.7 Å². The minimum atomic E-state index is -0.898. The van der Waals surface area contributed by atoms with Gasteiger partial charge in [-0.1, -0.05) is 30.3 Å². The number of hydrogen-bond acceptors (Lipinski definition) is 8. The number of ketones is 1. The molecule has 1 aromatic heterocycles. The Labute approximate surface area is 137 Å². The van der Waals surface area contributed by atoms with Crippen LogP contribution >= 0.6 is 0 Å². The van der Waals surface area contributed by atoms with Gasteiger partial charge in [-0.3, -0.25) is 4.79 Å². The number of Topliss-reactive ketones (excluding diaryl/α,β-unsaturated/α-hetero) is 1. The standard InChI is InChI=1S/C16H15N3O5/c1-23-14(21)12-11(10(20)8-9-6-4-3-5-7-9)13(15(22)24-2)19-16(17)18-12/h3-7H,8H2,1-2H3,(H2,17,18,19). The summed E-state index contributed by atoms with van der Waals surface area (Å²) in [6.07, 6.45) is -0.0535. The second kappa shape index (κ2) is 7.32. The third kappa shape index (κ3) is 3.54. The quantitative estimate of drug-likeness (QED) is 0.638. The third-order valence-electron chi connectivity index (χ3n) is 3.17. The monoisotopic (exact) mass is 329 g/mol. The van der Waals surface area contributed by atoms with Crippen LogP contribution in [0.4, 0.5) is 5.95 Å². The topological polar surface area (TPSA) is 121 Å². The van der Waals surface area contributed by atoms with E-state index in [1.165, 1.54) is 0 Å². The minimum absolute atomic E-state index is 0.0535. The molecule has 1 aromatic carbocycles. The molecule has 0 bridgehead atoms. The van der Waals surface area contributed by atoms with Crippen molar-refractivity contribution < 1.29 is 23.9 Å². The molecule has 2 aromatic rings. The van der Waals surface area contributed by atoms with Crippen LogP contribution < -0.4 is 5.73 Å². The second-order valence-electron chi connectivity index (χ2n) is 4.72. The zero-order valence-electron chi connectivity index (χ0n) is 13.1. The summed E-state index contributed by atoms with van der Waals surface area (Å²) >= 11 is 0. The zero-order chi connectivity index (χ0) is 17.7. The van der Waals surface area contributed by atoms with Gasteiger partial charge in [0.2, 0.25) is 5.95 Å². The molecule has 0 aliphatic carbocycles.